The molecule has 0 atom stereocenters. The van der Waals surface area contributed by atoms with Crippen molar-refractivity contribution in [2.75, 3.05) is 0 Å². The zero-order valence-corrected chi connectivity index (χ0v) is 11.2. The van der Waals surface area contributed by atoms with Crippen LogP contribution in [-0.4, -0.2) is 18.8 Å². The van der Waals surface area contributed by atoms with E-state index >= 15 is 0 Å². The van der Waals surface area contributed by atoms with Gasteiger partial charge in [-0.15, -0.1) is 0 Å². The van der Waals surface area contributed by atoms with Crippen molar-refractivity contribution in [2.24, 2.45) is 0 Å². The molecular formula is C12H22O4S. The summed E-state index contributed by atoms with van der Waals surface area (Å²) in [5, 5.41) is 0.538. The molecule has 1 N–H and O–H groups in total. The Morgan fingerprint density at radius 2 is 1.59 bits per heavy atom. The van der Waals surface area contributed by atoms with Crippen molar-refractivity contribution < 1.29 is 17.8 Å². The van der Waals surface area contributed by atoms with Crippen molar-refractivity contribution in [3.63, 3.8) is 0 Å². The molecule has 0 aromatic heterocycles. The number of unbranched alkanes of at least 4 members (excludes halogenated alkanes) is 6. The van der Waals surface area contributed by atoms with Crippen molar-refractivity contribution in [3.8, 4) is 0 Å². The van der Waals surface area contributed by atoms with E-state index in [-0.39, 0.29) is 5.78 Å². The van der Waals surface area contributed by atoms with Gasteiger partial charge in [-0.3, -0.25) is 9.35 Å². The molecule has 0 aliphatic rings. The molecule has 0 bridgehead atoms. The molecular weight excluding hydrogens is 240 g/mol. The number of hydrogen-bond acceptors (Lipinski definition) is 3. The lowest BCUT2D eigenvalue weighted by atomic mass is 10.1. The summed E-state index contributed by atoms with van der Waals surface area (Å²) in [5.41, 5.74) is 0. The molecule has 0 aromatic rings. The van der Waals surface area contributed by atoms with Gasteiger partial charge in [-0.2, -0.15) is 8.42 Å². The van der Waals surface area contributed by atoms with E-state index in [0.29, 0.717) is 11.8 Å². The van der Waals surface area contributed by atoms with Gasteiger partial charge in [-0.25, -0.2) is 0 Å². The molecule has 0 rings (SSSR count). The van der Waals surface area contributed by atoms with Crippen LogP contribution in [-0.2, 0) is 14.9 Å². The van der Waals surface area contributed by atoms with Gasteiger partial charge in [-0.1, -0.05) is 45.4 Å². The highest BCUT2D eigenvalue weighted by Gasteiger charge is 2.00. The van der Waals surface area contributed by atoms with E-state index < -0.39 is 10.1 Å². The van der Waals surface area contributed by atoms with Crippen molar-refractivity contribution in [1.82, 2.24) is 0 Å². The summed E-state index contributed by atoms with van der Waals surface area (Å²) in [4.78, 5) is 11.2. The Morgan fingerprint density at radius 3 is 2.12 bits per heavy atom. The van der Waals surface area contributed by atoms with E-state index in [4.69, 9.17) is 4.55 Å². The Morgan fingerprint density at radius 1 is 1.06 bits per heavy atom. The molecule has 0 aliphatic heterocycles. The first-order valence-corrected chi connectivity index (χ1v) is 7.64. The second-order valence-electron chi connectivity index (χ2n) is 4.16. The Hall–Kier alpha value is -0.680. The van der Waals surface area contributed by atoms with Gasteiger partial charge in [0.15, 0.2) is 5.78 Å². The Bertz CT molecular complexity index is 330. The van der Waals surface area contributed by atoms with Crippen LogP contribution in [0.25, 0.3) is 0 Å². The smallest absolute Gasteiger partial charge is 0.287 e. The van der Waals surface area contributed by atoms with E-state index in [9.17, 15) is 13.2 Å². The predicted octanol–water partition coefficient (Wildman–Crippen LogP) is 3.10. The van der Waals surface area contributed by atoms with Gasteiger partial charge in [0.25, 0.3) is 10.1 Å². The lowest BCUT2D eigenvalue weighted by molar-refractivity contribution is -0.114. The fourth-order valence-corrected chi connectivity index (χ4v) is 1.83. The summed E-state index contributed by atoms with van der Waals surface area (Å²) >= 11 is 0. The molecule has 17 heavy (non-hydrogen) atoms. The summed E-state index contributed by atoms with van der Waals surface area (Å²) in [6, 6.07) is 0. The first-order valence-electron chi connectivity index (χ1n) is 6.14. The fourth-order valence-electron chi connectivity index (χ4n) is 1.50. The monoisotopic (exact) mass is 262 g/mol. The van der Waals surface area contributed by atoms with Crippen LogP contribution < -0.4 is 0 Å². The number of rotatable bonds is 10. The third-order valence-electron chi connectivity index (χ3n) is 2.45. The van der Waals surface area contributed by atoms with Crippen LogP contribution in [0.4, 0.5) is 0 Å². The summed E-state index contributed by atoms with van der Waals surface area (Å²) < 4.78 is 29.0. The average molecular weight is 262 g/mol. The maximum atomic E-state index is 11.2. The molecule has 0 aliphatic carbocycles. The van der Waals surface area contributed by atoms with Gasteiger partial charge in [0.05, 0.1) is 5.41 Å². The van der Waals surface area contributed by atoms with Gasteiger partial charge in [0.2, 0.25) is 0 Å². The molecule has 0 heterocycles. The van der Waals surface area contributed by atoms with Gasteiger partial charge in [-0.05, 0) is 12.5 Å². The maximum Gasteiger partial charge on any atom is 0.287 e. The summed E-state index contributed by atoms with van der Waals surface area (Å²) in [5.74, 6) is -0.254. The number of ketones is 1. The quantitative estimate of drug-likeness (QED) is 0.373. The minimum absolute atomic E-state index is 0.254. The van der Waals surface area contributed by atoms with E-state index in [1.807, 2.05) is 0 Å². The maximum absolute atomic E-state index is 11.2. The molecule has 5 heteroatoms. The first-order chi connectivity index (χ1) is 7.95. The van der Waals surface area contributed by atoms with E-state index in [2.05, 4.69) is 6.92 Å². The van der Waals surface area contributed by atoms with Crippen LogP contribution in [0, 0.1) is 0 Å². The van der Waals surface area contributed by atoms with Crippen LogP contribution >= 0.6 is 0 Å². The fraction of sp³-hybridized carbons (Fsp3) is 0.750. The largest absolute Gasteiger partial charge is 0.295 e. The van der Waals surface area contributed by atoms with Crippen LogP contribution in [0.3, 0.4) is 0 Å². The third kappa shape index (κ3) is 13.3. The predicted molar refractivity (Wildman–Crippen MR) is 68.3 cm³/mol. The van der Waals surface area contributed by atoms with Crippen molar-refractivity contribution in [3.05, 3.63) is 11.5 Å². The van der Waals surface area contributed by atoms with Crippen LogP contribution in [0.2, 0.25) is 0 Å². The number of hydrogen-bond donors (Lipinski definition) is 1. The summed E-state index contributed by atoms with van der Waals surface area (Å²) in [7, 11) is -4.17. The SMILES string of the molecule is CCCCCCCCCC(=O)/C=C/S(=O)(=O)O. The molecule has 4 nitrogen and oxygen atoms in total. The third-order valence-corrected chi connectivity index (χ3v) is 2.93. The minimum Gasteiger partial charge on any atom is -0.295 e. The van der Waals surface area contributed by atoms with Crippen LogP contribution in [0.5, 0.6) is 0 Å². The highest BCUT2D eigenvalue weighted by molar-refractivity contribution is 7.88. The first kappa shape index (κ1) is 16.3. The normalized spacial score (nSPS) is 12.1. The molecule has 100 valence electrons. The molecule has 0 spiro atoms. The molecule has 0 radical (unpaired) electrons. The van der Waals surface area contributed by atoms with Gasteiger partial charge in [0.1, 0.15) is 0 Å². The van der Waals surface area contributed by atoms with E-state index in [1.54, 1.807) is 0 Å². The van der Waals surface area contributed by atoms with E-state index in [1.165, 1.54) is 25.7 Å². The van der Waals surface area contributed by atoms with Crippen molar-refractivity contribution in [1.29, 1.82) is 0 Å². The average Bonchev–Trinajstić information content (AvgIpc) is 2.24. The lowest BCUT2D eigenvalue weighted by Gasteiger charge is -1.99. The van der Waals surface area contributed by atoms with Crippen molar-refractivity contribution in [2.45, 2.75) is 58.3 Å². The molecule has 0 saturated carbocycles. The van der Waals surface area contributed by atoms with Gasteiger partial charge >= 0.3 is 0 Å². The number of carbonyl (C=O) groups excluding carboxylic acids is 1. The standard InChI is InChI=1S/C12H22O4S/c1-2-3-4-5-6-7-8-9-12(13)10-11-17(14,15)16/h10-11H,2-9H2,1H3,(H,14,15,16)/b11-10+. The minimum atomic E-state index is -4.17. The van der Waals surface area contributed by atoms with Crippen LogP contribution in [0.15, 0.2) is 11.5 Å². The zero-order chi connectivity index (χ0) is 13.1. The van der Waals surface area contributed by atoms with Crippen LogP contribution in [0.1, 0.15) is 58.3 Å². The Labute approximate surface area is 104 Å². The number of allylic oxidation sites excluding steroid dienone is 1. The molecule has 0 unspecified atom stereocenters. The van der Waals surface area contributed by atoms with Gasteiger partial charge < -0.3 is 0 Å². The van der Waals surface area contributed by atoms with Gasteiger partial charge in [0, 0.05) is 6.42 Å². The van der Waals surface area contributed by atoms with E-state index in [0.717, 1.165) is 25.3 Å². The molecule has 0 aromatic carbocycles. The Kier molecular flexibility index (Phi) is 8.99. The Balaban J connectivity index is 3.49. The highest BCUT2D eigenvalue weighted by atomic mass is 32.2. The lowest BCUT2D eigenvalue weighted by Crippen LogP contribution is -1.96. The second kappa shape index (κ2) is 9.36. The van der Waals surface area contributed by atoms with Crippen molar-refractivity contribution >= 4 is 15.9 Å². The summed E-state index contributed by atoms with van der Waals surface area (Å²) in [6.45, 7) is 2.17. The topological polar surface area (TPSA) is 71.4 Å². The second-order valence-corrected chi connectivity index (χ2v) is 5.46. The molecule has 0 saturated heterocycles. The molecule has 0 amide bonds. The summed E-state index contributed by atoms with van der Waals surface area (Å²) in [6.07, 6.45) is 9.09. The highest BCUT2D eigenvalue weighted by Crippen LogP contribution is 2.08. The number of carbonyl (C=O) groups is 1. The zero-order valence-electron chi connectivity index (χ0n) is 10.4. The molecule has 0 fully saturated rings.